The molecule has 0 spiro atoms. The predicted octanol–water partition coefficient (Wildman–Crippen LogP) is 2.64. The van der Waals surface area contributed by atoms with Gasteiger partial charge in [0.1, 0.15) is 0 Å². The molecule has 128 valence electrons. The summed E-state index contributed by atoms with van der Waals surface area (Å²) in [5.74, 6) is -0.101. The second-order valence-electron chi connectivity index (χ2n) is 6.16. The van der Waals surface area contributed by atoms with E-state index in [2.05, 4.69) is 20.4 Å². The van der Waals surface area contributed by atoms with E-state index in [0.29, 0.717) is 12.0 Å². The number of amides is 1. The van der Waals surface area contributed by atoms with E-state index in [0.717, 1.165) is 22.8 Å². The third-order valence-corrected chi connectivity index (χ3v) is 3.89. The number of aromatic nitrogens is 4. The van der Waals surface area contributed by atoms with Crippen molar-refractivity contribution in [3.05, 3.63) is 71.6 Å². The zero-order valence-corrected chi connectivity index (χ0v) is 14.6. The van der Waals surface area contributed by atoms with Gasteiger partial charge in [0.15, 0.2) is 0 Å². The minimum absolute atomic E-state index is 0.0279. The van der Waals surface area contributed by atoms with E-state index in [-0.39, 0.29) is 11.9 Å². The molecule has 3 rings (SSSR count). The molecule has 25 heavy (non-hydrogen) atoms. The van der Waals surface area contributed by atoms with Crippen LogP contribution in [0, 0.1) is 13.8 Å². The Morgan fingerprint density at radius 3 is 2.56 bits per heavy atom. The Labute approximate surface area is 146 Å². The summed E-state index contributed by atoms with van der Waals surface area (Å²) in [7, 11) is 0. The summed E-state index contributed by atoms with van der Waals surface area (Å²) in [6.45, 7) is 5.93. The van der Waals surface area contributed by atoms with Crippen LogP contribution >= 0.6 is 0 Å². The van der Waals surface area contributed by atoms with E-state index in [1.54, 1.807) is 18.6 Å². The van der Waals surface area contributed by atoms with Crippen molar-refractivity contribution in [1.82, 2.24) is 25.1 Å². The summed E-state index contributed by atoms with van der Waals surface area (Å²) >= 11 is 0. The molecule has 2 heterocycles. The largest absolute Gasteiger partial charge is 0.349 e. The highest BCUT2D eigenvalue weighted by molar-refractivity contribution is 5.94. The first-order chi connectivity index (χ1) is 12.0. The number of nitrogens with zero attached hydrogens (tertiary/aromatic N) is 4. The Kier molecular flexibility index (Phi) is 4.88. The van der Waals surface area contributed by atoms with Crippen molar-refractivity contribution >= 4 is 5.91 Å². The van der Waals surface area contributed by atoms with Crippen LogP contribution in [-0.4, -0.2) is 31.7 Å². The van der Waals surface area contributed by atoms with Gasteiger partial charge in [-0.3, -0.25) is 14.8 Å². The molecule has 1 amide bonds. The fourth-order valence-electron chi connectivity index (χ4n) is 2.75. The highest BCUT2D eigenvalue weighted by Gasteiger charge is 2.12. The van der Waals surface area contributed by atoms with Crippen LogP contribution < -0.4 is 5.32 Å². The van der Waals surface area contributed by atoms with Crippen molar-refractivity contribution in [2.45, 2.75) is 33.2 Å². The molecule has 0 radical (unpaired) electrons. The van der Waals surface area contributed by atoms with Gasteiger partial charge >= 0.3 is 0 Å². The summed E-state index contributed by atoms with van der Waals surface area (Å²) in [6.07, 6.45) is 5.65. The van der Waals surface area contributed by atoms with E-state index in [1.165, 1.54) is 0 Å². The van der Waals surface area contributed by atoms with Gasteiger partial charge in [-0.1, -0.05) is 0 Å². The Bertz CT molecular complexity index is 855. The lowest BCUT2D eigenvalue weighted by Gasteiger charge is -2.13. The lowest BCUT2D eigenvalue weighted by molar-refractivity contribution is 0.0940. The Morgan fingerprint density at radius 2 is 1.96 bits per heavy atom. The van der Waals surface area contributed by atoms with E-state index < -0.39 is 0 Å². The summed E-state index contributed by atoms with van der Waals surface area (Å²) < 4.78 is 1.87. The maximum atomic E-state index is 12.4. The minimum Gasteiger partial charge on any atom is -0.349 e. The smallest absolute Gasteiger partial charge is 0.251 e. The van der Waals surface area contributed by atoms with Gasteiger partial charge in [-0.25, -0.2) is 4.68 Å². The molecular weight excluding hydrogens is 314 g/mol. The van der Waals surface area contributed by atoms with Crippen LogP contribution in [-0.2, 0) is 6.42 Å². The molecule has 0 saturated heterocycles. The molecule has 0 saturated carbocycles. The number of hydrogen-bond acceptors (Lipinski definition) is 4. The van der Waals surface area contributed by atoms with E-state index in [1.807, 2.05) is 55.8 Å². The Balaban J connectivity index is 1.65. The molecule has 0 bridgehead atoms. The zero-order valence-electron chi connectivity index (χ0n) is 14.6. The van der Waals surface area contributed by atoms with Gasteiger partial charge in [0.25, 0.3) is 5.91 Å². The van der Waals surface area contributed by atoms with Crippen molar-refractivity contribution < 1.29 is 4.79 Å². The monoisotopic (exact) mass is 335 g/mol. The van der Waals surface area contributed by atoms with Gasteiger partial charge in [0.2, 0.25) is 0 Å². The summed E-state index contributed by atoms with van der Waals surface area (Å²) in [6, 6.07) is 9.43. The van der Waals surface area contributed by atoms with Crippen LogP contribution in [0.1, 0.15) is 34.4 Å². The van der Waals surface area contributed by atoms with Crippen LogP contribution in [0.5, 0.6) is 0 Å². The minimum atomic E-state index is -0.101. The molecular formula is C19H21N5O. The van der Waals surface area contributed by atoms with Crippen LogP contribution in [0.4, 0.5) is 0 Å². The van der Waals surface area contributed by atoms with E-state index >= 15 is 0 Å². The number of nitrogens with one attached hydrogen (secondary N) is 1. The predicted molar refractivity (Wildman–Crippen MR) is 95.7 cm³/mol. The molecule has 0 fully saturated rings. The number of hydrogen-bond donors (Lipinski definition) is 1. The molecule has 0 aliphatic carbocycles. The maximum absolute atomic E-state index is 12.4. The van der Waals surface area contributed by atoms with Crippen LogP contribution in [0.25, 0.3) is 5.69 Å². The second-order valence-corrected chi connectivity index (χ2v) is 6.16. The molecule has 3 aromatic rings. The molecule has 6 nitrogen and oxygen atoms in total. The lowest BCUT2D eigenvalue weighted by atomic mass is 10.1. The SMILES string of the molecule is Cc1cc(C)n(-c2ccc(C(=O)N[C@H](C)Cc3cnccn3)cc2)n1. The average Bonchev–Trinajstić information content (AvgIpc) is 2.94. The van der Waals surface area contributed by atoms with Crippen molar-refractivity contribution in [2.24, 2.45) is 0 Å². The van der Waals surface area contributed by atoms with Crippen molar-refractivity contribution in [3.63, 3.8) is 0 Å². The van der Waals surface area contributed by atoms with Crippen molar-refractivity contribution in [2.75, 3.05) is 0 Å². The first kappa shape index (κ1) is 16.8. The zero-order chi connectivity index (χ0) is 17.8. The van der Waals surface area contributed by atoms with Gasteiger partial charge in [-0.05, 0) is 51.1 Å². The second kappa shape index (κ2) is 7.25. The van der Waals surface area contributed by atoms with Crippen molar-refractivity contribution in [1.29, 1.82) is 0 Å². The number of aryl methyl sites for hydroxylation is 2. The van der Waals surface area contributed by atoms with Gasteiger partial charge in [-0.2, -0.15) is 5.10 Å². The topological polar surface area (TPSA) is 72.7 Å². The molecule has 1 atom stereocenters. The summed E-state index contributed by atoms with van der Waals surface area (Å²) in [5.41, 5.74) is 4.45. The van der Waals surface area contributed by atoms with E-state index in [9.17, 15) is 4.79 Å². The van der Waals surface area contributed by atoms with Crippen molar-refractivity contribution in [3.8, 4) is 5.69 Å². The number of carbonyl (C=O) groups excluding carboxylic acids is 1. The van der Waals surface area contributed by atoms with Gasteiger partial charge < -0.3 is 5.32 Å². The molecule has 6 heteroatoms. The van der Waals surface area contributed by atoms with Crippen LogP contribution in [0.3, 0.4) is 0 Å². The summed E-state index contributed by atoms with van der Waals surface area (Å²) in [5, 5.41) is 7.44. The summed E-state index contributed by atoms with van der Waals surface area (Å²) in [4.78, 5) is 20.7. The van der Waals surface area contributed by atoms with Gasteiger partial charge in [-0.15, -0.1) is 0 Å². The first-order valence-corrected chi connectivity index (χ1v) is 8.22. The van der Waals surface area contributed by atoms with E-state index in [4.69, 9.17) is 0 Å². The standard InChI is InChI=1S/C19H21N5O/c1-13(11-17-12-20-8-9-21-17)22-19(25)16-4-6-18(7-5-16)24-15(3)10-14(2)23-24/h4-10,12-13H,11H2,1-3H3,(H,22,25)/t13-/m1/s1. The van der Waals surface area contributed by atoms with Crippen LogP contribution in [0.15, 0.2) is 48.9 Å². The fourth-order valence-corrected chi connectivity index (χ4v) is 2.75. The Hall–Kier alpha value is -3.02. The normalized spacial score (nSPS) is 12.0. The third kappa shape index (κ3) is 4.09. The highest BCUT2D eigenvalue weighted by atomic mass is 16.1. The fraction of sp³-hybridized carbons (Fsp3) is 0.263. The number of rotatable bonds is 5. The quantitative estimate of drug-likeness (QED) is 0.778. The Morgan fingerprint density at radius 1 is 1.20 bits per heavy atom. The number of carbonyl (C=O) groups is 1. The molecule has 1 aromatic carbocycles. The lowest BCUT2D eigenvalue weighted by Crippen LogP contribution is -2.34. The van der Waals surface area contributed by atoms with Crippen LogP contribution in [0.2, 0.25) is 0 Å². The van der Waals surface area contributed by atoms with Gasteiger partial charge in [0, 0.05) is 42.3 Å². The molecule has 0 aliphatic heterocycles. The molecule has 2 aromatic heterocycles. The first-order valence-electron chi connectivity index (χ1n) is 8.22. The number of benzene rings is 1. The average molecular weight is 335 g/mol. The molecule has 0 unspecified atom stereocenters. The molecule has 0 aliphatic rings. The third-order valence-electron chi connectivity index (χ3n) is 3.89. The highest BCUT2D eigenvalue weighted by Crippen LogP contribution is 2.13. The maximum Gasteiger partial charge on any atom is 0.251 e. The van der Waals surface area contributed by atoms with Gasteiger partial charge in [0.05, 0.1) is 17.1 Å². The molecule has 1 N–H and O–H groups in total.